The largest absolute Gasteiger partial charge is 0.313 e. The van der Waals surface area contributed by atoms with Crippen molar-refractivity contribution in [3.63, 3.8) is 0 Å². The predicted molar refractivity (Wildman–Crippen MR) is 79.5 cm³/mol. The molecule has 1 heterocycles. The molecule has 0 aliphatic heterocycles. The van der Waals surface area contributed by atoms with E-state index < -0.39 is 4.92 Å². The number of rotatable bonds is 6. The average molecular weight is 339 g/mol. The molecule has 0 unspecified atom stereocenters. The number of benzene rings is 1. The summed E-state index contributed by atoms with van der Waals surface area (Å²) in [5.74, 6) is 0. The molecule has 7 heteroatoms. The van der Waals surface area contributed by atoms with Gasteiger partial charge < -0.3 is 5.32 Å². The van der Waals surface area contributed by atoms with Crippen molar-refractivity contribution in [2.24, 2.45) is 0 Å². The van der Waals surface area contributed by atoms with Gasteiger partial charge in [-0.2, -0.15) is 5.10 Å². The van der Waals surface area contributed by atoms with Crippen molar-refractivity contribution in [2.75, 3.05) is 6.54 Å². The van der Waals surface area contributed by atoms with Gasteiger partial charge in [-0.05, 0) is 28.0 Å². The van der Waals surface area contributed by atoms with Gasteiger partial charge >= 0.3 is 0 Å². The van der Waals surface area contributed by atoms with Crippen LogP contribution in [0, 0.1) is 10.1 Å². The zero-order chi connectivity index (χ0) is 14.5. The fourth-order valence-corrected chi connectivity index (χ4v) is 2.39. The number of nitrogens with one attached hydrogen (secondary N) is 1. The zero-order valence-corrected chi connectivity index (χ0v) is 12.6. The minimum Gasteiger partial charge on any atom is -0.313 e. The highest BCUT2D eigenvalue weighted by Gasteiger charge is 2.15. The zero-order valence-electron chi connectivity index (χ0n) is 11.0. The lowest BCUT2D eigenvalue weighted by molar-refractivity contribution is -0.385. The molecule has 0 amide bonds. The van der Waals surface area contributed by atoms with Gasteiger partial charge in [-0.25, -0.2) is 0 Å². The Bertz CT molecular complexity index is 612. The van der Waals surface area contributed by atoms with Crippen LogP contribution in [-0.2, 0) is 13.1 Å². The molecule has 0 saturated heterocycles. The first kappa shape index (κ1) is 14.7. The Morgan fingerprint density at radius 1 is 1.50 bits per heavy atom. The second-order valence-electron chi connectivity index (χ2n) is 4.33. The SMILES string of the molecule is CCNCc1cnn(Cc2cccc([N+](=O)[O-])c2Br)c1. The molecule has 0 spiro atoms. The summed E-state index contributed by atoms with van der Waals surface area (Å²) in [6, 6.07) is 5.01. The fourth-order valence-electron chi connectivity index (χ4n) is 1.86. The van der Waals surface area contributed by atoms with Crippen molar-refractivity contribution in [2.45, 2.75) is 20.0 Å². The molecule has 0 bridgehead atoms. The van der Waals surface area contributed by atoms with Crippen LogP contribution in [0.5, 0.6) is 0 Å². The van der Waals surface area contributed by atoms with Crippen molar-refractivity contribution in [1.82, 2.24) is 15.1 Å². The van der Waals surface area contributed by atoms with E-state index in [0.29, 0.717) is 11.0 Å². The van der Waals surface area contributed by atoms with E-state index in [4.69, 9.17) is 0 Å². The molecule has 2 rings (SSSR count). The van der Waals surface area contributed by atoms with Crippen molar-refractivity contribution < 1.29 is 4.92 Å². The lowest BCUT2D eigenvalue weighted by Crippen LogP contribution is -2.11. The Hall–Kier alpha value is -1.73. The Labute approximate surface area is 125 Å². The molecular weight excluding hydrogens is 324 g/mol. The van der Waals surface area contributed by atoms with Crippen LogP contribution in [0.15, 0.2) is 35.1 Å². The average Bonchev–Trinajstić information content (AvgIpc) is 2.86. The molecule has 6 nitrogen and oxygen atoms in total. The Kier molecular flexibility index (Phi) is 4.86. The highest BCUT2D eigenvalue weighted by atomic mass is 79.9. The molecular formula is C13H15BrN4O2. The predicted octanol–water partition coefficient (Wildman–Crippen LogP) is 2.71. The van der Waals surface area contributed by atoms with Crippen molar-refractivity contribution in [1.29, 1.82) is 0 Å². The van der Waals surface area contributed by atoms with E-state index in [1.165, 1.54) is 6.07 Å². The number of halogens is 1. The minimum atomic E-state index is -0.396. The first-order valence-electron chi connectivity index (χ1n) is 6.25. The smallest absolute Gasteiger partial charge is 0.283 e. The van der Waals surface area contributed by atoms with Crippen LogP contribution in [0.25, 0.3) is 0 Å². The van der Waals surface area contributed by atoms with Crippen LogP contribution in [0.3, 0.4) is 0 Å². The summed E-state index contributed by atoms with van der Waals surface area (Å²) in [6.07, 6.45) is 3.74. The van der Waals surface area contributed by atoms with Crippen LogP contribution in [0.1, 0.15) is 18.1 Å². The highest BCUT2D eigenvalue weighted by molar-refractivity contribution is 9.10. The van der Waals surface area contributed by atoms with Crippen LogP contribution in [-0.4, -0.2) is 21.2 Å². The van der Waals surface area contributed by atoms with Gasteiger partial charge in [0.25, 0.3) is 5.69 Å². The Balaban J connectivity index is 2.16. The summed E-state index contributed by atoms with van der Waals surface area (Å²) in [6.45, 7) is 4.22. The quantitative estimate of drug-likeness (QED) is 0.649. The molecule has 0 fully saturated rings. The number of nitrogens with zero attached hydrogens (tertiary/aromatic N) is 3. The van der Waals surface area contributed by atoms with E-state index in [2.05, 4.69) is 26.3 Å². The van der Waals surface area contributed by atoms with Gasteiger partial charge in [-0.1, -0.05) is 19.1 Å². The van der Waals surface area contributed by atoms with Crippen molar-refractivity contribution in [3.8, 4) is 0 Å². The summed E-state index contributed by atoms with van der Waals surface area (Å²) in [5.41, 5.74) is 1.99. The molecule has 1 aromatic carbocycles. The summed E-state index contributed by atoms with van der Waals surface area (Å²) in [4.78, 5) is 10.5. The molecule has 2 aromatic rings. The first-order valence-corrected chi connectivity index (χ1v) is 7.05. The molecule has 1 N–H and O–H groups in total. The van der Waals surface area contributed by atoms with Crippen LogP contribution < -0.4 is 5.32 Å². The molecule has 0 aliphatic carbocycles. The molecule has 0 saturated carbocycles. The monoisotopic (exact) mass is 338 g/mol. The van der Waals surface area contributed by atoms with Gasteiger partial charge in [0.2, 0.25) is 0 Å². The lowest BCUT2D eigenvalue weighted by atomic mass is 10.2. The van der Waals surface area contributed by atoms with Crippen LogP contribution in [0.4, 0.5) is 5.69 Å². The van der Waals surface area contributed by atoms with E-state index in [9.17, 15) is 10.1 Å². The third-order valence-corrected chi connectivity index (χ3v) is 3.77. The van der Waals surface area contributed by atoms with Gasteiger partial charge in [-0.15, -0.1) is 0 Å². The Morgan fingerprint density at radius 2 is 2.30 bits per heavy atom. The number of hydrogen-bond acceptors (Lipinski definition) is 4. The second kappa shape index (κ2) is 6.62. The fraction of sp³-hybridized carbons (Fsp3) is 0.308. The van der Waals surface area contributed by atoms with Gasteiger partial charge in [-0.3, -0.25) is 14.8 Å². The number of aromatic nitrogens is 2. The van der Waals surface area contributed by atoms with E-state index >= 15 is 0 Å². The lowest BCUT2D eigenvalue weighted by Gasteiger charge is -2.05. The Morgan fingerprint density at radius 3 is 3.00 bits per heavy atom. The maximum atomic E-state index is 10.9. The molecule has 0 radical (unpaired) electrons. The van der Waals surface area contributed by atoms with E-state index in [1.54, 1.807) is 16.9 Å². The highest BCUT2D eigenvalue weighted by Crippen LogP contribution is 2.28. The third-order valence-electron chi connectivity index (χ3n) is 2.85. The van der Waals surface area contributed by atoms with Gasteiger partial charge in [0.15, 0.2) is 0 Å². The van der Waals surface area contributed by atoms with Crippen LogP contribution in [0.2, 0.25) is 0 Å². The maximum Gasteiger partial charge on any atom is 0.283 e. The standard InChI is InChI=1S/C13H15BrN4O2/c1-2-15-6-10-7-16-17(8-10)9-11-4-3-5-12(13(11)14)18(19)20/h3-5,7-8,15H,2,6,9H2,1H3. The number of nitro benzene ring substituents is 1. The summed E-state index contributed by atoms with van der Waals surface area (Å²) >= 11 is 3.29. The van der Waals surface area contributed by atoms with Crippen LogP contribution >= 0.6 is 15.9 Å². The minimum absolute atomic E-state index is 0.0718. The van der Waals surface area contributed by atoms with E-state index in [0.717, 1.165) is 24.2 Å². The maximum absolute atomic E-state index is 10.9. The summed E-state index contributed by atoms with van der Waals surface area (Å²) in [7, 11) is 0. The summed E-state index contributed by atoms with van der Waals surface area (Å²) in [5, 5.41) is 18.4. The van der Waals surface area contributed by atoms with Crippen molar-refractivity contribution >= 4 is 21.6 Å². The van der Waals surface area contributed by atoms with Gasteiger partial charge in [0.05, 0.1) is 17.7 Å². The first-order chi connectivity index (χ1) is 9.61. The third kappa shape index (κ3) is 3.43. The van der Waals surface area contributed by atoms with Gasteiger partial charge in [0.1, 0.15) is 4.47 Å². The van der Waals surface area contributed by atoms with Crippen molar-refractivity contribution in [3.05, 3.63) is 56.3 Å². The second-order valence-corrected chi connectivity index (χ2v) is 5.13. The van der Waals surface area contributed by atoms with E-state index in [1.807, 2.05) is 19.2 Å². The van der Waals surface area contributed by atoms with E-state index in [-0.39, 0.29) is 5.69 Å². The topological polar surface area (TPSA) is 73.0 Å². The molecule has 0 atom stereocenters. The molecule has 1 aromatic heterocycles. The normalized spacial score (nSPS) is 10.7. The molecule has 20 heavy (non-hydrogen) atoms. The number of hydrogen-bond donors (Lipinski definition) is 1. The summed E-state index contributed by atoms with van der Waals surface area (Å²) < 4.78 is 2.28. The van der Waals surface area contributed by atoms with Gasteiger partial charge in [0, 0.05) is 24.4 Å². The number of nitro groups is 1. The molecule has 0 aliphatic rings. The molecule has 106 valence electrons.